The third-order valence-corrected chi connectivity index (χ3v) is 6.09. The van der Waals surface area contributed by atoms with Crippen LogP contribution in [0, 0.1) is 0 Å². The summed E-state index contributed by atoms with van der Waals surface area (Å²) in [5.74, 6) is 0.107. The van der Waals surface area contributed by atoms with Crippen molar-refractivity contribution in [2.24, 2.45) is 0 Å². The Morgan fingerprint density at radius 2 is 1.97 bits per heavy atom. The molecule has 1 fully saturated rings. The van der Waals surface area contributed by atoms with Gasteiger partial charge in [-0.1, -0.05) is 23.7 Å². The Morgan fingerprint density at radius 1 is 1.06 bits per heavy atom. The number of pyridine rings is 2. The third kappa shape index (κ3) is 3.81. The van der Waals surface area contributed by atoms with E-state index in [1.165, 1.54) is 0 Å². The van der Waals surface area contributed by atoms with Crippen LogP contribution in [0.2, 0.25) is 5.02 Å². The molecule has 3 aromatic heterocycles. The van der Waals surface area contributed by atoms with Crippen molar-refractivity contribution in [1.29, 1.82) is 0 Å². The molecule has 2 atom stereocenters. The van der Waals surface area contributed by atoms with Gasteiger partial charge in [0.1, 0.15) is 11.8 Å². The van der Waals surface area contributed by atoms with E-state index in [9.17, 15) is 5.11 Å². The Hall–Kier alpha value is -3.42. The number of hydrogen-bond donors (Lipinski definition) is 2. The average molecular weight is 462 g/mol. The van der Waals surface area contributed by atoms with Gasteiger partial charge in [-0.05, 0) is 66.3 Å². The van der Waals surface area contributed by atoms with E-state index < -0.39 is 0 Å². The third-order valence-electron chi connectivity index (χ3n) is 5.54. The van der Waals surface area contributed by atoms with Crippen LogP contribution in [-0.2, 0) is 6.54 Å². The second-order valence-corrected chi connectivity index (χ2v) is 8.38. The first kappa shape index (κ1) is 20.5. The summed E-state index contributed by atoms with van der Waals surface area (Å²) < 4.78 is 2.17. The number of anilines is 1. The monoisotopic (exact) mass is 461 g/mol. The highest BCUT2D eigenvalue weighted by atomic mass is 35.5. The fraction of sp³-hybridized carbons (Fsp3) is 0.125. The van der Waals surface area contributed by atoms with Gasteiger partial charge in [0, 0.05) is 42.0 Å². The predicted octanol–water partition coefficient (Wildman–Crippen LogP) is 4.86. The molecule has 0 spiro atoms. The van der Waals surface area contributed by atoms with E-state index in [1.54, 1.807) is 30.6 Å². The maximum Gasteiger partial charge on any atom is 0.174 e. The zero-order chi connectivity index (χ0) is 22.1. The molecule has 0 unspecified atom stereocenters. The molecule has 160 valence electrons. The lowest BCUT2D eigenvalue weighted by Crippen LogP contribution is -2.30. The van der Waals surface area contributed by atoms with Crippen LogP contribution in [0.15, 0.2) is 85.5 Å². The molecule has 1 aliphatic rings. The summed E-state index contributed by atoms with van der Waals surface area (Å²) in [6.45, 7) is 0.656. The molecule has 0 amide bonds. The van der Waals surface area contributed by atoms with Crippen molar-refractivity contribution in [2.75, 3.05) is 4.90 Å². The van der Waals surface area contributed by atoms with Gasteiger partial charge in [-0.2, -0.15) is 0 Å². The number of nitrogens with zero attached hydrogens (tertiary/aromatic N) is 4. The van der Waals surface area contributed by atoms with E-state index in [1.807, 2.05) is 53.7 Å². The topological polar surface area (TPSA) is 66.2 Å². The van der Waals surface area contributed by atoms with Crippen molar-refractivity contribution in [1.82, 2.24) is 19.9 Å². The maximum atomic E-state index is 10.7. The number of phenolic OH excluding ortho intramolecular Hbond substituents is 1. The predicted molar refractivity (Wildman–Crippen MR) is 129 cm³/mol. The molecule has 4 heterocycles. The van der Waals surface area contributed by atoms with Crippen molar-refractivity contribution in [2.45, 2.75) is 18.6 Å². The number of halogens is 1. The van der Waals surface area contributed by atoms with Crippen molar-refractivity contribution < 1.29 is 5.11 Å². The SMILES string of the molecule is Oc1ccc(Cl)cc1N1C(=S)N[C@H](c2ccccn2)[C@@H]1c1cccn1Cc1cccnc1. The lowest BCUT2D eigenvalue weighted by Gasteiger charge is -2.29. The zero-order valence-corrected chi connectivity index (χ0v) is 18.5. The van der Waals surface area contributed by atoms with Gasteiger partial charge in [0.05, 0.1) is 17.4 Å². The summed E-state index contributed by atoms with van der Waals surface area (Å²) in [5.41, 5.74) is 3.52. The van der Waals surface area contributed by atoms with Gasteiger partial charge in [0.25, 0.3) is 0 Å². The highest BCUT2D eigenvalue weighted by molar-refractivity contribution is 7.80. The number of hydrogen-bond acceptors (Lipinski definition) is 4. The number of aromatic nitrogens is 3. The van der Waals surface area contributed by atoms with Crippen LogP contribution >= 0.6 is 23.8 Å². The van der Waals surface area contributed by atoms with Gasteiger partial charge < -0.3 is 19.9 Å². The van der Waals surface area contributed by atoms with Crippen LogP contribution in [0.4, 0.5) is 5.69 Å². The molecule has 2 N–H and O–H groups in total. The lowest BCUT2D eigenvalue weighted by molar-refractivity contribution is 0.471. The maximum absolute atomic E-state index is 10.7. The van der Waals surface area contributed by atoms with E-state index in [-0.39, 0.29) is 17.8 Å². The van der Waals surface area contributed by atoms with Gasteiger partial charge in [-0.15, -0.1) is 0 Å². The molecule has 0 aliphatic carbocycles. The quantitative estimate of drug-likeness (QED) is 0.414. The van der Waals surface area contributed by atoms with Crippen molar-refractivity contribution >= 4 is 34.6 Å². The molecule has 32 heavy (non-hydrogen) atoms. The summed E-state index contributed by atoms with van der Waals surface area (Å²) in [7, 11) is 0. The largest absolute Gasteiger partial charge is 0.506 e. The zero-order valence-electron chi connectivity index (χ0n) is 17.0. The van der Waals surface area contributed by atoms with Crippen molar-refractivity contribution in [3.63, 3.8) is 0 Å². The Labute approximate surface area is 196 Å². The lowest BCUT2D eigenvalue weighted by atomic mass is 10.0. The molecule has 0 radical (unpaired) electrons. The van der Waals surface area contributed by atoms with E-state index >= 15 is 0 Å². The molecule has 1 aliphatic heterocycles. The van der Waals surface area contributed by atoms with Gasteiger partial charge in [0.15, 0.2) is 5.11 Å². The highest BCUT2D eigenvalue weighted by Crippen LogP contribution is 2.45. The number of thiocarbonyl (C=S) groups is 1. The molecule has 6 nitrogen and oxygen atoms in total. The summed E-state index contributed by atoms with van der Waals surface area (Å²) >= 11 is 12.0. The second-order valence-electron chi connectivity index (χ2n) is 7.55. The van der Waals surface area contributed by atoms with Crippen LogP contribution in [0.25, 0.3) is 0 Å². The van der Waals surface area contributed by atoms with Crippen LogP contribution < -0.4 is 10.2 Å². The number of phenols is 1. The first-order valence-corrected chi connectivity index (χ1v) is 10.9. The summed E-state index contributed by atoms with van der Waals surface area (Å²) in [6, 6.07) is 18.4. The normalized spacial score (nSPS) is 18.0. The number of nitrogens with one attached hydrogen (secondary N) is 1. The van der Waals surface area contributed by atoms with Crippen LogP contribution in [0.3, 0.4) is 0 Å². The van der Waals surface area contributed by atoms with Crippen molar-refractivity contribution in [3.8, 4) is 5.75 Å². The minimum absolute atomic E-state index is 0.107. The molecule has 4 aromatic rings. The molecule has 8 heteroatoms. The highest BCUT2D eigenvalue weighted by Gasteiger charge is 2.42. The molecule has 1 aromatic carbocycles. The number of rotatable bonds is 5. The van der Waals surface area contributed by atoms with E-state index in [2.05, 4.69) is 25.9 Å². The average Bonchev–Trinajstić information content (AvgIpc) is 3.40. The fourth-order valence-electron chi connectivity index (χ4n) is 4.13. The van der Waals surface area contributed by atoms with Crippen LogP contribution in [0.1, 0.15) is 29.0 Å². The smallest absolute Gasteiger partial charge is 0.174 e. The second kappa shape index (κ2) is 8.61. The Kier molecular flexibility index (Phi) is 5.51. The molecule has 1 saturated heterocycles. The van der Waals surface area contributed by atoms with E-state index in [4.69, 9.17) is 23.8 Å². The van der Waals surface area contributed by atoms with Gasteiger partial charge in [-0.3, -0.25) is 9.97 Å². The number of aromatic hydroxyl groups is 1. The minimum atomic E-state index is -0.256. The molecule has 0 bridgehead atoms. The molecule has 0 saturated carbocycles. The Bertz CT molecular complexity index is 1250. The fourth-order valence-corrected chi connectivity index (χ4v) is 4.64. The number of benzene rings is 1. The first-order valence-electron chi connectivity index (χ1n) is 10.1. The van der Waals surface area contributed by atoms with E-state index in [0.29, 0.717) is 22.4 Å². The van der Waals surface area contributed by atoms with Gasteiger partial charge in [-0.25, -0.2) is 0 Å². The summed E-state index contributed by atoms with van der Waals surface area (Å²) in [4.78, 5) is 10.7. The van der Waals surface area contributed by atoms with Gasteiger partial charge >= 0.3 is 0 Å². The Morgan fingerprint density at radius 3 is 2.75 bits per heavy atom. The molecular formula is C24H20ClN5OS. The van der Waals surface area contributed by atoms with Crippen molar-refractivity contribution in [3.05, 3.63) is 107 Å². The first-order chi connectivity index (χ1) is 15.6. The van der Waals surface area contributed by atoms with Crippen LogP contribution in [0.5, 0.6) is 5.75 Å². The standard InChI is InChI=1S/C24H20ClN5OS/c25-17-8-9-21(31)20(13-17)30-23(22(28-24(30)32)18-6-1-2-11-27-18)19-7-4-12-29(19)15-16-5-3-10-26-14-16/h1-14,22-23,31H,15H2,(H,28,32)/t22-,23+/m1/s1. The molecule has 5 rings (SSSR count). The minimum Gasteiger partial charge on any atom is -0.506 e. The van der Waals surface area contributed by atoms with E-state index in [0.717, 1.165) is 17.0 Å². The van der Waals surface area contributed by atoms with Crippen LogP contribution in [-0.4, -0.2) is 24.8 Å². The summed E-state index contributed by atoms with van der Waals surface area (Å²) in [5, 5.41) is 15.1. The summed E-state index contributed by atoms with van der Waals surface area (Å²) in [6.07, 6.45) is 7.43. The molecular weight excluding hydrogens is 442 g/mol. The van der Waals surface area contributed by atoms with Gasteiger partial charge in [0.2, 0.25) is 0 Å². The Balaban J connectivity index is 1.63.